The van der Waals surface area contributed by atoms with Crippen LogP contribution in [0, 0.1) is 6.92 Å². The Labute approximate surface area is 203 Å². The fourth-order valence-electron chi connectivity index (χ4n) is 4.18. The van der Waals surface area contributed by atoms with Crippen molar-refractivity contribution < 1.29 is 18.7 Å². The van der Waals surface area contributed by atoms with Crippen LogP contribution in [0.2, 0.25) is 5.02 Å². The number of aryl methyl sites for hydroxylation is 1. The van der Waals surface area contributed by atoms with E-state index in [1.165, 1.54) is 17.9 Å². The van der Waals surface area contributed by atoms with Crippen LogP contribution in [0.4, 0.5) is 5.13 Å². The minimum atomic E-state index is -0.789. The molecule has 1 aliphatic rings. The smallest absolute Gasteiger partial charge is 0.297 e. The molecule has 7 nitrogen and oxygen atoms in total. The van der Waals surface area contributed by atoms with Gasteiger partial charge in [0.05, 0.1) is 34.2 Å². The average Bonchev–Trinajstić information content (AvgIpc) is 3.33. The van der Waals surface area contributed by atoms with Crippen molar-refractivity contribution in [1.29, 1.82) is 0 Å². The molecule has 0 saturated heterocycles. The summed E-state index contributed by atoms with van der Waals surface area (Å²) in [6.07, 6.45) is 0. The molecule has 1 unspecified atom stereocenters. The van der Waals surface area contributed by atoms with Gasteiger partial charge in [-0.15, -0.1) is 0 Å². The van der Waals surface area contributed by atoms with Gasteiger partial charge in [-0.25, -0.2) is 4.98 Å². The van der Waals surface area contributed by atoms with Crippen LogP contribution in [0.1, 0.15) is 56.9 Å². The Morgan fingerprint density at radius 2 is 1.94 bits per heavy atom. The maximum atomic E-state index is 13.6. The predicted molar refractivity (Wildman–Crippen MR) is 131 cm³/mol. The van der Waals surface area contributed by atoms with Gasteiger partial charge in [0.25, 0.3) is 5.91 Å². The molecule has 2 aromatic heterocycles. The number of Topliss-reactive ketones (excluding diaryl/α,β-unsaturated/α-hetero) is 1. The van der Waals surface area contributed by atoms with Crippen LogP contribution in [-0.4, -0.2) is 23.3 Å². The molecule has 5 rings (SSSR count). The van der Waals surface area contributed by atoms with Crippen LogP contribution in [0.3, 0.4) is 0 Å². The van der Waals surface area contributed by atoms with Gasteiger partial charge >= 0.3 is 0 Å². The molecule has 3 heterocycles. The molecule has 0 radical (unpaired) electrons. The first-order valence-electron chi connectivity index (χ1n) is 10.6. The summed E-state index contributed by atoms with van der Waals surface area (Å²) in [6, 6.07) is 11.1. The van der Waals surface area contributed by atoms with Crippen LogP contribution < -0.4 is 15.1 Å². The van der Waals surface area contributed by atoms with Crippen LogP contribution >= 0.6 is 22.9 Å². The van der Waals surface area contributed by atoms with Crippen molar-refractivity contribution in [1.82, 2.24) is 4.98 Å². The van der Waals surface area contributed by atoms with Gasteiger partial charge in [-0.1, -0.05) is 35.1 Å². The number of amides is 1. The lowest BCUT2D eigenvalue weighted by atomic mass is 9.98. The monoisotopic (exact) mass is 494 g/mol. The van der Waals surface area contributed by atoms with E-state index in [-0.39, 0.29) is 33.5 Å². The van der Waals surface area contributed by atoms with E-state index in [0.717, 1.165) is 11.3 Å². The van der Waals surface area contributed by atoms with Crippen LogP contribution in [0.5, 0.6) is 5.75 Å². The van der Waals surface area contributed by atoms with Crippen LogP contribution in [0.25, 0.3) is 11.0 Å². The van der Waals surface area contributed by atoms with Crippen molar-refractivity contribution in [2.24, 2.45) is 0 Å². The molecular weight excluding hydrogens is 476 g/mol. The Balaban J connectivity index is 1.76. The van der Waals surface area contributed by atoms with Crippen molar-refractivity contribution >= 4 is 50.7 Å². The summed E-state index contributed by atoms with van der Waals surface area (Å²) in [5.41, 5.74) is 1.35. The molecule has 2 aromatic carbocycles. The first-order chi connectivity index (χ1) is 16.3. The molecular formula is C25H19ClN2O5S. The fourth-order valence-corrected chi connectivity index (χ4v) is 5.34. The lowest BCUT2D eigenvalue weighted by Crippen LogP contribution is -2.29. The number of carbonyl (C=O) groups is 2. The van der Waals surface area contributed by atoms with Crippen LogP contribution in [0.15, 0.2) is 51.7 Å². The van der Waals surface area contributed by atoms with Crippen LogP contribution in [-0.2, 0) is 0 Å². The SMILES string of the molecule is CCOc1ccc(C2c3c(oc4ccc(Cl)cc4c3=O)C(=O)N2c2nc(C)c(C(C)=O)s2)cc1. The zero-order valence-corrected chi connectivity index (χ0v) is 20.1. The van der Waals surface area contributed by atoms with Gasteiger partial charge in [0.1, 0.15) is 11.3 Å². The molecule has 0 aliphatic carbocycles. The third-order valence-corrected chi connectivity index (χ3v) is 7.14. The first-order valence-corrected chi connectivity index (χ1v) is 11.8. The minimum absolute atomic E-state index is 0.0454. The summed E-state index contributed by atoms with van der Waals surface area (Å²) in [5.74, 6) is -0.0103. The average molecular weight is 495 g/mol. The maximum Gasteiger partial charge on any atom is 0.297 e. The van der Waals surface area contributed by atoms with E-state index in [1.807, 2.05) is 6.92 Å². The van der Waals surface area contributed by atoms with Gasteiger partial charge in [-0.3, -0.25) is 19.3 Å². The molecule has 1 atom stereocenters. The fraction of sp³-hybridized carbons (Fsp3) is 0.200. The molecule has 0 bridgehead atoms. The molecule has 34 heavy (non-hydrogen) atoms. The second-order valence-corrected chi connectivity index (χ2v) is 9.28. The van der Waals surface area contributed by atoms with Crippen molar-refractivity contribution in [2.75, 3.05) is 11.5 Å². The summed E-state index contributed by atoms with van der Waals surface area (Å²) in [7, 11) is 0. The Bertz CT molecular complexity index is 1520. The number of ether oxygens (including phenoxy) is 1. The zero-order chi connectivity index (χ0) is 24.1. The highest BCUT2D eigenvalue weighted by molar-refractivity contribution is 7.17. The van der Waals surface area contributed by atoms with E-state index in [9.17, 15) is 14.4 Å². The van der Waals surface area contributed by atoms with Gasteiger partial charge < -0.3 is 9.15 Å². The van der Waals surface area contributed by atoms with E-state index in [0.29, 0.717) is 38.6 Å². The number of anilines is 1. The lowest BCUT2D eigenvalue weighted by molar-refractivity contribution is 0.0969. The molecule has 9 heteroatoms. The number of fused-ring (bicyclic) bond motifs is 2. The van der Waals surface area contributed by atoms with Crippen molar-refractivity contribution in [3.63, 3.8) is 0 Å². The number of halogens is 1. The standard InChI is InChI=1S/C25H19ClN2O5S/c1-4-32-16-8-5-14(6-9-16)20-19-21(30)17-11-15(26)7-10-18(17)33-22(19)24(31)28(20)25-27-12(2)23(34-25)13(3)29/h5-11,20H,4H2,1-3H3. The van der Waals surface area contributed by atoms with Gasteiger partial charge in [0.15, 0.2) is 16.3 Å². The quantitative estimate of drug-likeness (QED) is 0.337. The highest BCUT2D eigenvalue weighted by Crippen LogP contribution is 2.43. The normalized spacial score (nSPS) is 15.1. The number of benzene rings is 2. The second-order valence-electron chi connectivity index (χ2n) is 7.86. The van der Waals surface area contributed by atoms with Gasteiger partial charge in [-0.2, -0.15) is 0 Å². The summed E-state index contributed by atoms with van der Waals surface area (Å²) in [5, 5.41) is 0.997. The van der Waals surface area contributed by atoms with E-state index >= 15 is 0 Å². The minimum Gasteiger partial charge on any atom is -0.494 e. The number of nitrogens with zero attached hydrogens (tertiary/aromatic N) is 2. The molecule has 0 spiro atoms. The van der Waals surface area contributed by atoms with Crippen molar-refractivity contribution in [2.45, 2.75) is 26.8 Å². The topological polar surface area (TPSA) is 89.7 Å². The Kier molecular flexibility index (Phi) is 5.50. The van der Waals surface area contributed by atoms with E-state index in [2.05, 4.69) is 4.98 Å². The largest absolute Gasteiger partial charge is 0.494 e. The Morgan fingerprint density at radius 3 is 2.59 bits per heavy atom. The zero-order valence-electron chi connectivity index (χ0n) is 18.5. The third-order valence-electron chi connectivity index (χ3n) is 5.65. The number of hydrogen-bond acceptors (Lipinski definition) is 7. The second kappa shape index (κ2) is 8.38. The van der Waals surface area contributed by atoms with Crippen molar-refractivity contribution in [3.8, 4) is 5.75 Å². The highest BCUT2D eigenvalue weighted by Gasteiger charge is 2.45. The first kappa shape index (κ1) is 22.3. The Hall–Kier alpha value is -3.49. The maximum absolute atomic E-state index is 13.6. The lowest BCUT2D eigenvalue weighted by Gasteiger charge is -2.22. The molecule has 0 N–H and O–H groups in total. The Morgan fingerprint density at radius 1 is 1.21 bits per heavy atom. The number of hydrogen-bond donors (Lipinski definition) is 0. The molecule has 172 valence electrons. The summed E-state index contributed by atoms with van der Waals surface area (Å²) < 4.78 is 11.5. The molecule has 0 saturated carbocycles. The summed E-state index contributed by atoms with van der Waals surface area (Å²) in [6.45, 7) is 5.57. The summed E-state index contributed by atoms with van der Waals surface area (Å²) in [4.78, 5) is 45.7. The van der Waals surface area contributed by atoms with E-state index < -0.39 is 11.9 Å². The van der Waals surface area contributed by atoms with Crippen molar-refractivity contribution in [3.05, 3.63) is 85.2 Å². The highest BCUT2D eigenvalue weighted by atomic mass is 35.5. The number of rotatable bonds is 5. The third kappa shape index (κ3) is 3.50. The molecule has 1 amide bonds. The van der Waals surface area contributed by atoms with Gasteiger partial charge in [-0.05, 0) is 49.7 Å². The number of aromatic nitrogens is 1. The van der Waals surface area contributed by atoms with E-state index in [4.69, 9.17) is 20.8 Å². The number of ketones is 1. The molecule has 4 aromatic rings. The number of carbonyl (C=O) groups excluding carboxylic acids is 2. The predicted octanol–water partition coefficient (Wildman–Crippen LogP) is 5.56. The number of thiazole rings is 1. The molecule has 0 fully saturated rings. The molecule has 1 aliphatic heterocycles. The van der Waals surface area contributed by atoms with Gasteiger partial charge in [0.2, 0.25) is 5.76 Å². The van der Waals surface area contributed by atoms with E-state index in [1.54, 1.807) is 43.3 Å². The van der Waals surface area contributed by atoms with Gasteiger partial charge in [0, 0.05) is 11.9 Å². The summed E-state index contributed by atoms with van der Waals surface area (Å²) >= 11 is 7.25.